The second-order valence-corrected chi connectivity index (χ2v) is 5.68. The maximum atomic E-state index is 11.9. The van der Waals surface area contributed by atoms with Crippen LogP contribution in [-0.2, 0) is 4.79 Å². The monoisotopic (exact) mass is 292 g/mol. The van der Waals surface area contributed by atoms with Crippen LogP contribution in [0.3, 0.4) is 0 Å². The molecule has 0 bridgehead atoms. The molecule has 2 aromatic heterocycles. The summed E-state index contributed by atoms with van der Waals surface area (Å²) < 4.78 is 1.40. The van der Waals surface area contributed by atoms with Gasteiger partial charge in [0.1, 0.15) is 5.65 Å². The molecule has 0 aliphatic carbocycles. The van der Waals surface area contributed by atoms with E-state index in [9.17, 15) is 9.59 Å². The number of carbonyl (C=O) groups excluding carboxylic acids is 1. The Morgan fingerprint density at radius 3 is 2.85 bits per heavy atom. The van der Waals surface area contributed by atoms with Crippen molar-refractivity contribution in [3.8, 4) is 0 Å². The van der Waals surface area contributed by atoms with Gasteiger partial charge < -0.3 is 5.32 Å². The van der Waals surface area contributed by atoms with Crippen molar-refractivity contribution in [2.24, 2.45) is 0 Å². The predicted molar refractivity (Wildman–Crippen MR) is 78.0 cm³/mol. The molecule has 7 heteroatoms. The Morgan fingerprint density at radius 2 is 2.15 bits per heavy atom. The van der Waals surface area contributed by atoms with E-state index in [4.69, 9.17) is 0 Å². The lowest BCUT2D eigenvalue weighted by Gasteiger charge is -2.07. The average molecular weight is 292 g/mol. The molecule has 2 aromatic rings. The molecule has 106 valence electrons. The summed E-state index contributed by atoms with van der Waals surface area (Å²) in [6.45, 7) is 5.68. The predicted octanol–water partition coefficient (Wildman–Crippen LogP) is 1.01. The number of hydrogen-bond donors (Lipinski definition) is 1. The SMILES string of the molecule is Cc1ccc2nc(SCC(=O)NC(C)C)nc(=O)n2c1. The summed E-state index contributed by atoms with van der Waals surface area (Å²) in [6.07, 6.45) is 1.69. The number of aromatic nitrogens is 3. The molecule has 0 spiro atoms. The van der Waals surface area contributed by atoms with Crippen LogP contribution < -0.4 is 11.0 Å². The van der Waals surface area contributed by atoms with Crippen molar-refractivity contribution in [1.82, 2.24) is 19.7 Å². The highest BCUT2D eigenvalue weighted by molar-refractivity contribution is 7.99. The van der Waals surface area contributed by atoms with E-state index in [2.05, 4.69) is 15.3 Å². The lowest BCUT2D eigenvalue weighted by molar-refractivity contribution is -0.119. The highest BCUT2D eigenvalue weighted by Crippen LogP contribution is 2.11. The van der Waals surface area contributed by atoms with Crippen molar-refractivity contribution in [2.75, 3.05) is 5.75 Å². The largest absolute Gasteiger partial charge is 0.355 e. The van der Waals surface area contributed by atoms with Crippen molar-refractivity contribution >= 4 is 23.3 Å². The van der Waals surface area contributed by atoms with Gasteiger partial charge in [0.05, 0.1) is 5.75 Å². The third-order valence-corrected chi connectivity index (χ3v) is 3.31. The molecule has 0 fully saturated rings. The number of rotatable bonds is 4. The molecule has 0 aliphatic heterocycles. The molecule has 0 saturated heterocycles. The topological polar surface area (TPSA) is 76.4 Å². The van der Waals surface area contributed by atoms with Crippen LogP contribution >= 0.6 is 11.8 Å². The molecule has 0 saturated carbocycles. The van der Waals surface area contributed by atoms with E-state index in [0.29, 0.717) is 10.8 Å². The van der Waals surface area contributed by atoms with E-state index in [0.717, 1.165) is 17.3 Å². The number of fused-ring (bicyclic) bond motifs is 1. The molecule has 0 atom stereocenters. The van der Waals surface area contributed by atoms with Crippen LogP contribution in [0.15, 0.2) is 28.3 Å². The van der Waals surface area contributed by atoms with Gasteiger partial charge in [-0.25, -0.2) is 9.78 Å². The van der Waals surface area contributed by atoms with Gasteiger partial charge in [-0.3, -0.25) is 9.20 Å². The van der Waals surface area contributed by atoms with Crippen molar-refractivity contribution in [1.29, 1.82) is 0 Å². The van der Waals surface area contributed by atoms with Crippen LogP contribution in [0, 0.1) is 6.92 Å². The maximum absolute atomic E-state index is 11.9. The lowest BCUT2D eigenvalue weighted by atomic mass is 10.3. The van der Waals surface area contributed by atoms with E-state index >= 15 is 0 Å². The Morgan fingerprint density at radius 1 is 1.40 bits per heavy atom. The van der Waals surface area contributed by atoms with E-state index in [-0.39, 0.29) is 23.4 Å². The second-order valence-electron chi connectivity index (χ2n) is 4.73. The maximum Gasteiger partial charge on any atom is 0.355 e. The first-order valence-corrected chi connectivity index (χ1v) is 7.23. The number of thioether (sulfide) groups is 1. The number of aryl methyl sites for hydroxylation is 1. The zero-order valence-corrected chi connectivity index (χ0v) is 12.4. The molecule has 20 heavy (non-hydrogen) atoms. The minimum Gasteiger partial charge on any atom is -0.353 e. The Hall–Kier alpha value is -1.89. The number of nitrogens with one attached hydrogen (secondary N) is 1. The van der Waals surface area contributed by atoms with Gasteiger partial charge in [0, 0.05) is 12.2 Å². The Bertz CT molecular complexity index is 696. The molecular formula is C13H16N4O2S. The van der Waals surface area contributed by atoms with Crippen LogP contribution in [0.25, 0.3) is 5.65 Å². The fourth-order valence-corrected chi connectivity index (χ4v) is 2.30. The summed E-state index contributed by atoms with van der Waals surface area (Å²) in [5.41, 5.74) is 1.10. The van der Waals surface area contributed by atoms with Gasteiger partial charge in [-0.2, -0.15) is 4.98 Å². The molecule has 0 aliphatic rings. The normalized spacial score (nSPS) is 11.0. The van der Waals surface area contributed by atoms with Crippen molar-refractivity contribution in [2.45, 2.75) is 32.0 Å². The van der Waals surface area contributed by atoms with E-state index in [1.165, 1.54) is 4.40 Å². The quantitative estimate of drug-likeness (QED) is 0.851. The van der Waals surface area contributed by atoms with E-state index in [1.807, 2.05) is 26.8 Å². The van der Waals surface area contributed by atoms with Gasteiger partial charge in [-0.1, -0.05) is 17.8 Å². The molecule has 2 rings (SSSR count). The van der Waals surface area contributed by atoms with Crippen LogP contribution in [0.5, 0.6) is 0 Å². The zero-order valence-electron chi connectivity index (χ0n) is 11.6. The third-order valence-electron chi connectivity index (χ3n) is 2.46. The highest BCUT2D eigenvalue weighted by atomic mass is 32.2. The molecule has 1 amide bonds. The third kappa shape index (κ3) is 3.57. The summed E-state index contributed by atoms with van der Waals surface area (Å²) in [7, 11) is 0. The Kier molecular flexibility index (Phi) is 4.39. The molecule has 6 nitrogen and oxygen atoms in total. The van der Waals surface area contributed by atoms with Gasteiger partial charge in [-0.05, 0) is 32.4 Å². The fourth-order valence-electron chi connectivity index (χ4n) is 1.66. The summed E-state index contributed by atoms with van der Waals surface area (Å²) in [4.78, 5) is 31.6. The van der Waals surface area contributed by atoms with Crippen LogP contribution in [0.1, 0.15) is 19.4 Å². The van der Waals surface area contributed by atoms with Crippen molar-refractivity contribution in [3.05, 3.63) is 34.4 Å². The first kappa shape index (κ1) is 14.5. The van der Waals surface area contributed by atoms with E-state index in [1.54, 1.807) is 12.3 Å². The minimum absolute atomic E-state index is 0.0919. The molecular weight excluding hydrogens is 276 g/mol. The standard InChI is InChI=1S/C13H16N4O2S/c1-8(2)14-11(18)7-20-12-15-10-5-4-9(3)6-17(10)13(19)16-12/h4-6,8H,7H2,1-3H3,(H,14,18). The number of nitrogens with zero attached hydrogens (tertiary/aromatic N) is 3. The first-order valence-electron chi connectivity index (χ1n) is 6.25. The molecule has 2 heterocycles. The lowest BCUT2D eigenvalue weighted by Crippen LogP contribution is -2.31. The molecule has 1 N–H and O–H groups in total. The summed E-state index contributed by atoms with van der Waals surface area (Å²) in [5, 5.41) is 3.09. The van der Waals surface area contributed by atoms with Gasteiger partial charge in [0.25, 0.3) is 0 Å². The zero-order chi connectivity index (χ0) is 14.7. The number of pyridine rings is 1. The van der Waals surface area contributed by atoms with Crippen LogP contribution in [-0.4, -0.2) is 32.1 Å². The van der Waals surface area contributed by atoms with Crippen molar-refractivity contribution in [3.63, 3.8) is 0 Å². The molecule has 0 aromatic carbocycles. The molecule has 0 unspecified atom stereocenters. The number of amides is 1. The minimum atomic E-state index is -0.384. The van der Waals surface area contributed by atoms with Crippen LogP contribution in [0.2, 0.25) is 0 Å². The fraction of sp³-hybridized carbons (Fsp3) is 0.385. The first-order chi connectivity index (χ1) is 9.45. The number of carbonyl (C=O) groups is 1. The van der Waals surface area contributed by atoms with Gasteiger partial charge >= 0.3 is 5.69 Å². The average Bonchev–Trinajstić information content (AvgIpc) is 2.36. The summed E-state index contributed by atoms with van der Waals surface area (Å²) in [5.74, 6) is 0.0948. The Balaban J connectivity index is 2.18. The summed E-state index contributed by atoms with van der Waals surface area (Å²) >= 11 is 1.16. The van der Waals surface area contributed by atoms with Gasteiger partial charge in [0.15, 0.2) is 5.16 Å². The smallest absolute Gasteiger partial charge is 0.353 e. The van der Waals surface area contributed by atoms with E-state index < -0.39 is 0 Å². The highest BCUT2D eigenvalue weighted by Gasteiger charge is 2.08. The molecule has 0 radical (unpaired) electrons. The summed E-state index contributed by atoms with van der Waals surface area (Å²) in [6, 6.07) is 3.73. The Labute approximate surface area is 120 Å². The van der Waals surface area contributed by atoms with Gasteiger partial charge in [-0.15, -0.1) is 0 Å². The number of hydrogen-bond acceptors (Lipinski definition) is 5. The van der Waals surface area contributed by atoms with Gasteiger partial charge in [0.2, 0.25) is 5.91 Å². The second kappa shape index (κ2) is 6.04. The van der Waals surface area contributed by atoms with Crippen LogP contribution in [0.4, 0.5) is 0 Å². The van der Waals surface area contributed by atoms with Crippen molar-refractivity contribution < 1.29 is 4.79 Å².